The van der Waals surface area contributed by atoms with E-state index in [1.807, 2.05) is 6.07 Å². The number of phenolic OH excluding ortho intramolecular Hbond substituents is 1. The predicted octanol–water partition coefficient (Wildman–Crippen LogP) is 6.06. The Bertz CT molecular complexity index is 662. The van der Waals surface area contributed by atoms with Crippen molar-refractivity contribution < 1.29 is 14.9 Å². The number of aliphatic hydroxyl groups is 1. The standard InChI is InChI=1S/C24H38O3/c1-6-7-8-9-12-23(2,3)16-13-20(26)22-18-15-17(25)10-11-19(18)24(4,5)27-21(22)14-16/h13-14,17-19,25-26H,6-12,15H2,1-5H3/t17-,18+,19+/m0/s1. The highest BCUT2D eigenvalue weighted by atomic mass is 16.5. The number of fused-ring (bicyclic) bond motifs is 3. The van der Waals surface area contributed by atoms with Crippen LogP contribution in [0.3, 0.4) is 0 Å². The molecule has 152 valence electrons. The summed E-state index contributed by atoms with van der Waals surface area (Å²) in [6, 6.07) is 4.12. The summed E-state index contributed by atoms with van der Waals surface area (Å²) in [6.45, 7) is 11.1. The van der Waals surface area contributed by atoms with Crippen molar-refractivity contribution in [1.82, 2.24) is 0 Å². The molecule has 1 aromatic carbocycles. The van der Waals surface area contributed by atoms with E-state index >= 15 is 0 Å². The molecular formula is C24H38O3. The highest BCUT2D eigenvalue weighted by Crippen LogP contribution is 2.55. The molecule has 27 heavy (non-hydrogen) atoms. The predicted molar refractivity (Wildman–Crippen MR) is 111 cm³/mol. The number of aliphatic hydroxyl groups excluding tert-OH is 1. The van der Waals surface area contributed by atoms with Gasteiger partial charge in [0.25, 0.3) is 0 Å². The Morgan fingerprint density at radius 1 is 1.15 bits per heavy atom. The van der Waals surface area contributed by atoms with E-state index in [0.717, 1.165) is 42.6 Å². The van der Waals surface area contributed by atoms with Crippen LogP contribution in [0.4, 0.5) is 0 Å². The van der Waals surface area contributed by atoms with Crippen molar-refractivity contribution in [2.24, 2.45) is 5.92 Å². The molecule has 1 aliphatic carbocycles. The van der Waals surface area contributed by atoms with Gasteiger partial charge in [-0.05, 0) is 62.6 Å². The summed E-state index contributed by atoms with van der Waals surface area (Å²) >= 11 is 0. The lowest BCUT2D eigenvalue weighted by Gasteiger charge is -2.48. The van der Waals surface area contributed by atoms with Gasteiger partial charge in [0.2, 0.25) is 0 Å². The number of phenols is 1. The van der Waals surface area contributed by atoms with Gasteiger partial charge in [0, 0.05) is 17.4 Å². The number of hydrogen-bond acceptors (Lipinski definition) is 3. The van der Waals surface area contributed by atoms with Crippen LogP contribution in [0.15, 0.2) is 12.1 Å². The molecule has 1 heterocycles. The first-order valence-corrected chi connectivity index (χ1v) is 10.9. The average molecular weight is 375 g/mol. The first-order valence-electron chi connectivity index (χ1n) is 10.9. The molecule has 0 amide bonds. The molecule has 2 aliphatic rings. The summed E-state index contributed by atoms with van der Waals surface area (Å²) in [5.74, 6) is 1.69. The number of rotatable bonds is 6. The van der Waals surface area contributed by atoms with Crippen LogP contribution in [0.5, 0.6) is 11.5 Å². The zero-order chi connectivity index (χ0) is 19.8. The Morgan fingerprint density at radius 3 is 2.59 bits per heavy atom. The number of ether oxygens (including phenoxy) is 1. The van der Waals surface area contributed by atoms with Crippen LogP contribution < -0.4 is 4.74 Å². The third-order valence-electron chi connectivity index (χ3n) is 7.02. The van der Waals surface area contributed by atoms with Crippen molar-refractivity contribution in [3.63, 3.8) is 0 Å². The van der Waals surface area contributed by atoms with E-state index in [1.165, 1.54) is 25.7 Å². The van der Waals surface area contributed by atoms with Gasteiger partial charge in [0.05, 0.1) is 6.10 Å². The molecule has 2 N–H and O–H groups in total. The van der Waals surface area contributed by atoms with E-state index in [4.69, 9.17) is 4.74 Å². The first kappa shape index (κ1) is 20.5. The number of unbranched alkanes of at least 4 members (excludes halogenated alkanes) is 3. The fourth-order valence-electron chi connectivity index (χ4n) is 5.26. The Balaban J connectivity index is 1.91. The van der Waals surface area contributed by atoms with Gasteiger partial charge in [0.1, 0.15) is 17.1 Å². The minimum atomic E-state index is -0.276. The smallest absolute Gasteiger partial charge is 0.127 e. The highest BCUT2D eigenvalue weighted by molar-refractivity contribution is 5.53. The quantitative estimate of drug-likeness (QED) is 0.595. The lowest BCUT2D eigenvalue weighted by molar-refractivity contribution is -0.0318. The van der Waals surface area contributed by atoms with Crippen molar-refractivity contribution in [1.29, 1.82) is 0 Å². The maximum Gasteiger partial charge on any atom is 0.127 e. The van der Waals surface area contributed by atoms with Gasteiger partial charge in [-0.3, -0.25) is 0 Å². The zero-order valence-corrected chi connectivity index (χ0v) is 17.8. The van der Waals surface area contributed by atoms with E-state index < -0.39 is 0 Å². The monoisotopic (exact) mass is 374 g/mol. The third kappa shape index (κ3) is 4.13. The van der Waals surface area contributed by atoms with Gasteiger partial charge in [-0.25, -0.2) is 0 Å². The fraction of sp³-hybridized carbons (Fsp3) is 0.750. The average Bonchev–Trinajstić information content (AvgIpc) is 2.57. The summed E-state index contributed by atoms with van der Waals surface area (Å²) in [5.41, 5.74) is 1.81. The molecule has 0 spiro atoms. The summed E-state index contributed by atoms with van der Waals surface area (Å²) in [7, 11) is 0. The molecule has 0 saturated heterocycles. The molecule has 0 unspecified atom stereocenters. The summed E-state index contributed by atoms with van der Waals surface area (Å²) in [6.07, 6.45) is 8.34. The van der Waals surface area contributed by atoms with Gasteiger partial charge < -0.3 is 14.9 Å². The van der Waals surface area contributed by atoms with Gasteiger partial charge in [-0.1, -0.05) is 46.5 Å². The molecule has 3 rings (SSSR count). The van der Waals surface area contributed by atoms with Crippen molar-refractivity contribution in [3.8, 4) is 11.5 Å². The molecule has 0 bridgehead atoms. The van der Waals surface area contributed by atoms with E-state index in [0.29, 0.717) is 11.7 Å². The third-order valence-corrected chi connectivity index (χ3v) is 7.02. The number of hydrogen-bond donors (Lipinski definition) is 2. The molecule has 1 fully saturated rings. The molecule has 3 nitrogen and oxygen atoms in total. The van der Waals surface area contributed by atoms with Gasteiger partial charge in [-0.2, -0.15) is 0 Å². The second-order valence-corrected chi connectivity index (χ2v) is 9.99. The van der Waals surface area contributed by atoms with Gasteiger partial charge in [-0.15, -0.1) is 0 Å². The summed E-state index contributed by atoms with van der Waals surface area (Å²) in [5, 5.41) is 21.2. The zero-order valence-electron chi connectivity index (χ0n) is 17.8. The lowest BCUT2D eigenvalue weighted by atomic mass is 9.65. The molecule has 1 aromatic rings. The van der Waals surface area contributed by atoms with Crippen molar-refractivity contribution >= 4 is 0 Å². The van der Waals surface area contributed by atoms with Crippen molar-refractivity contribution in [2.75, 3.05) is 0 Å². The minimum Gasteiger partial charge on any atom is -0.508 e. The Hall–Kier alpha value is -1.22. The second-order valence-electron chi connectivity index (χ2n) is 9.99. The first-order chi connectivity index (χ1) is 12.7. The number of aromatic hydroxyl groups is 1. The Kier molecular flexibility index (Phi) is 5.82. The van der Waals surface area contributed by atoms with Gasteiger partial charge >= 0.3 is 0 Å². The number of benzene rings is 1. The molecule has 0 aromatic heterocycles. The van der Waals surface area contributed by atoms with Crippen molar-refractivity contribution in [2.45, 2.75) is 109 Å². The van der Waals surface area contributed by atoms with E-state index in [-0.39, 0.29) is 23.0 Å². The van der Waals surface area contributed by atoms with E-state index in [2.05, 4.69) is 40.7 Å². The molecular weight excluding hydrogens is 336 g/mol. The van der Waals surface area contributed by atoms with Crippen LogP contribution in [-0.4, -0.2) is 21.9 Å². The molecule has 0 radical (unpaired) electrons. The summed E-state index contributed by atoms with van der Waals surface area (Å²) in [4.78, 5) is 0. The van der Waals surface area contributed by atoms with E-state index in [1.54, 1.807) is 0 Å². The van der Waals surface area contributed by atoms with E-state index in [9.17, 15) is 10.2 Å². The van der Waals surface area contributed by atoms with Crippen LogP contribution in [0.25, 0.3) is 0 Å². The Morgan fingerprint density at radius 2 is 1.89 bits per heavy atom. The summed E-state index contributed by atoms with van der Waals surface area (Å²) < 4.78 is 6.44. The van der Waals surface area contributed by atoms with Crippen LogP contribution >= 0.6 is 0 Å². The molecule has 1 aliphatic heterocycles. The topological polar surface area (TPSA) is 49.7 Å². The molecule has 3 heteroatoms. The Labute approximate surface area is 165 Å². The van der Waals surface area contributed by atoms with Crippen molar-refractivity contribution in [3.05, 3.63) is 23.3 Å². The maximum atomic E-state index is 10.9. The highest BCUT2D eigenvalue weighted by Gasteiger charge is 2.47. The van der Waals surface area contributed by atoms with Gasteiger partial charge in [0.15, 0.2) is 0 Å². The van der Waals surface area contributed by atoms with Crippen LogP contribution in [0.2, 0.25) is 0 Å². The molecule has 1 saturated carbocycles. The molecule has 3 atom stereocenters. The normalized spacial score (nSPS) is 26.8. The largest absolute Gasteiger partial charge is 0.508 e. The SMILES string of the molecule is CCCCCCC(C)(C)c1cc(O)c2c(c1)OC(C)(C)[C@@H]1CC[C@H](O)C[C@@H]21. The fourth-order valence-corrected chi connectivity index (χ4v) is 5.26. The van der Waals surface area contributed by atoms with Crippen LogP contribution in [-0.2, 0) is 5.41 Å². The second kappa shape index (κ2) is 7.66. The lowest BCUT2D eigenvalue weighted by Crippen LogP contribution is -2.47. The van der Waals surface area contributed by atoms with Crippen LogP contribution in [0, 0.1) is 5.92 Å². The maximum absolute atomic E-state index is 10.9. The van der Waals surface area contributed by atoms with Crippen LogP contribution in [0.1, 0.15) is 103 Å². The minimum absolute atomic E-state index is 0.0106.